The first-order chi connectivity index (χ1) is 17.9. The molecule has 38 heavy (non-hydrogen) atoms. The fourth-order valence-corrected chi connectivity index (χ4v) is 5.68. The number of alkyl carbamates (subject to hydrolysis) is 1. The summed E-state index contributed by atoms with van der Waals surface area (Å²) >= 11 is 0. The Morgan fingerprint density at radius 1 is 1.16 bits per heavy atom. The van der Waals surface area contributed by atoms with Crippen molar-refractivity contribution in [2.24, 2.45) is 0 Å². The molecule has 11 heteroatoms. The lowest BCUT2D eigenvalue weighted by Crippen LogP contribution is -2.53. The van der Waals surface area contributed by atoms with E-state index in [4.69, 9.17) is 9.47 Å². The average molecular weight is 548 g/mol. The Morgan fingerprint density at radius 3 is 2.37 bits per heavy atom. The molecule has 0 aliphatic carbocycles. The predicted octanol–water partition coefficient (Wildman–Crippen LogP) is 2.46. The third-order valence-electron chi connectivity index (χ3n) is 6.06. The van der Waals surface area contributed by atoms with Gasteiger partial charge in [-0.1, -0.05) is 30.3 Å². The summed E-state index contributed by atoms with van der Waals surface area (Å²) in [7, 11) is -2.58. The predicted molar refractivity (Wildman–Crippen MR) is 142 cm³/mol. The number of rotatable bonds is 11. The van der Waals surface area contributed by atoms with Gasteiger partial charge in [-0.25, -0.2) is 13.2 Å². The van der Waals surface area contributed by atoms with Crippen molar-refractivity contribution >= 4 is 22.0 Å². The second kappa shape index (κ2) is 12.6. The van der Waals surface area contributed by atoms with Crippen molar-refractivity contribution < 1.29 is 32.6 Å². The maximum Gasteiger partial charge on any atom is 0.407 e. The summed E-state index contributed by atoms with van der Waals surface area (Å²) in [5.74, 6) is 0.356. The number of benzene rings is 2. The lowest BCUT2D eigenvalue weighted by Gasteiger charge is -2.31. The number of carbonyl (C=O) groups excluding carboxylic acids is 2. The maximum absolute atomic E-state index is 13.7. The molecule has 3 atom stereocenters. The molecule has 2 amide bonds. The Morgan fingerprint density at radius 2 is 1.82 bits per heavy atom. The number of hydrogen-bond donors (Lipinski definition) is 3. The van der Waals surface area contributed by atoms with Crippen LogP contribution in [0.2, 0.25) is 0 Å². The summed E-state index contributed by atoms with van der Waals surface area (Å²) in [6.07, 6.45) is -0.969. The number of nitrogens with zero attached hydrogens (tertiary/aromatic N) is 1. The normalized spacial score (nSPS) is 17.5. The molecular weight excluding hydrogens is 510 g/mol. The van der Waals surface area contributed by atoms with E-state index in [1.807, 2.05) is 30.3 Å². The van der Waals surface area contributed by atoms with Crippen molar-refractivity contribution in [2.75, 3.05) is 20.2 Å². The molecule has 2 aromatic carbocycles. The fourth-order valence-electron chi connectivity index (χ4n) is 4.17. The van der Waals surface area contributed by atoms with Crippen LogP contribution >= 0.6 is 0 Å². The first-order valence-electron chi connectivity index (χ1n) is 12.5. The summed E-state index contributed by atoms with van der Waals surface area (Å²) in [5, 5.41) is 16.8. The maximum atomic E-state index is 13.7. The third-order valence-corrected chi connectivity index (χ3v) is 7.91. The van der Waals surface area contributed by atoms with Gasteiger partial charge in [-0.15, -0.1) is 0 Å². The molecule has 0 aromatic heterocycles. The average Bonchev–Trinajstić information content (AvgIpc) is 3.27. The molecular formula is C27H37N3O7S. The Bertz CT molecular complexity index is 1180. The number of nitrogens with one attached hydrogen (secondary N) is 2. The van der Waals surface area contributed by atoms with Crippen molar-refractivity contribution in [3.63, 3.8) is 0 Å². The van der Waals surface area contributed by atoms with Gasteiger partial charge in [-0.05, 0) is 63.4 Å². The van der Waals surface area contributed by atoms with E-state index >= 15 is 0 Å². The summed E-state index contributed by atoms with van der Waals surface area (Å²) in [6, 6.07) is 14.0. The van der Waals surface area contributed by atoms with Gasteiger partial charge in [0, 0.05) is 25.6 Å². The van der Waals surface area contributed by atoms with Gasteiger partial charge in [-0.2, -0.15) is 4.31 Å². The second-order valence-electron chi connectivity index (χ2n) is 10.3. The third kappa shape index (κ3) is 8.44. The molecule has 1 aliphatic rings. The number of sulfonamides is 1. The summed E-state index contributed by atoms with van der Waals surface area (Å²) in [5.41, 5.74) is 0.0942. The highest BCUT2D eigenvalue weighted by molar-refractivity contribution is 7.89. The monoisotopic (exact) mass is 547 g/mol. The van der Waals surface area contributed by atoms with Gasteiger partial charge in [0.25, 0.3) is 0 Å². The number of carbonyl (C=O) groups is 2. The first-order valence-corrected chi connectivity index (χ1v) is 14.0. The lowest BCUT2D eigenvalue weighted by molar-refractivity contribution is -0.119. The van der Waals surface area contributed by atoms with E-state index in [-0.39, 0.29) is 30.3 Å². The van der Waals surface area contributed by atoms with Crippen LogP contribution in [0.25, 0.3) is 0 Å². The molecule has 1 saturated heterocycles. The molecule has 1 fully saturated rings. The van der Waals surface area contributed by atoms with Crippen molar-refractivity contribution in [1.82, 2.24) is 14.9 Å². The number of ether oxygens (including phenoxy) is 2. The van der Waals surface area contributed by atoms with Crippen LogP contribution in [0.1, 0.15) is 39.2 Å². The Labute approximate surface area is 224 Å². The van der Waals surface area contributed by atoms with Gasteiger partial charge in [0.05, 0.1) is 24.2 Å². The molecule has 208 valence electrons. The van der Waals surface area contributed by atoms with Crippen LogP contribution in [-0.4, -0.2) is 73.8 Å². The van der Waals surface area contributed by atoms with E-state index < -0.39 is 39.9 Å². The van der Waals surface area contributed by atoms with Crippen LogP contribution in [0, 0.1) is 0 Å². The fraction of sp³-hybridized carbons (Fsp3) is 0.481. The van der Waals surface area contributed by atoms with E-state index in [2.05, 4.69) is 10.6 Å². The minimum atomic E-state index is -4.07. The van der Waals surface area contributed by atoms with Crippen molar-refractivity contribution in [2.45, 2.75) is 68.7 Å². The Kier molecular flexibility index (Phi) is 9.75. The van der Waals surface area contributed by atoms with Gasteiger partial charge in [-0.3, -0.25) is 4.79 Å². The van der Waals surface area contributed by atoms with Crippen LogP contribution in [0.15, 0.2) is 59.5 Å². The number of aliphatic hydroxyl groups excluding tert-OH is 1. The molecule has 1 aliphatic heterocycles. The molecule has 3 rings (SSSR count). The van der Waals surface area contributed by atoms with E-state index in [1.54, 1.807) is 32.9 Å². The molecule has 0 bridgehead atoms. The van der Waals surface area contributed by atoms with Crippen LogP contribution in [0.5, 0.6) is 5.75 Å². The topological polar surface area (TPSA) is 134 Å². The van der Waals surface area contributed by atoms with Crippen LogP contribution in [0.3, 0.4) is 0 Å². The smallest absolute Gasteiger partial charge is 0.407 e. The molecule has 2 aromatic rings. The van der Waals surface area contributed by atoms with E-state index in [0.717, 1.165) is 9.87 Å². The van der Waals surface area contributed by atoms with Gasteiger partial charge in [0.15, 0.2) is 0 Å². The van der Waals surface area contributed by atoms with Crippen molar-refractivity contribution in [3.8, 4) is 5.75 Å². The highest BCUT2D eigenvalue weighted by atomic mass is 32.2. The summed E-state index contributed by atoms with van der Waals surface area (Å²) in [4.78, 5) is 24.4. The van der Waals surface area contributed by atoms with E-state index in [0.29, 0.717) is 18.6 Å². The van der Waals surface area contributed by atoms with Gasteiger partial charge in [0.2, 0.25) is 15.9 Å². The molecule has 0 spiro atoms. The molecule has 10 nitrogen and oxygen atoms in total. The zero-order chi connectivity index (χ0) is 27.9. The summed E-state index contributed by atoms with van der Waals surface area (Å²) in [6.45, 7) is 4.85. The number of methoxy groups -OCH3 is 1. The molecule has 1 heterocycles. The van der Waals surface area contributed by atoms with Crippen LogP contribution in [-0.2, 0) is 26.0 Å². The molecule has 0 radical (unpaired) electrons. The van der Waals surface area contributed by atoms with Crippen molar-refractivity contribution in [1.29, 1.82) is 0 Å². The Balaban J connectivity index is 1.87. The minimum absolute atomic E-state index is 0.0227. The zero-order valence-corrected chi connectivity index (χ0v) is 23.0. The quantitative estimate of drug-likeness (QED) is 0.393. The molecule has 0 saturated carbocycles. The number of aliphatic hydroxyl groups is 1. The highest BCUT2D eigenvalue weighted by Gasteiger charge is 2.34. The molecule has 3 N–H and O–H groups in total. The zero-order valence-electron chi connectivity index (χ0n) is 22.2. The standard InChI is InChI=1S/C27H37N3O7S/c1-27(2,3)37-26(33)29-23(16-19-8-6-5-7-9-19)24(31)18-30(17-20-10-15-25(32)28-20)38(34,35)22-13-11-21(36-4)12-14-22/h5-9,11-14,20,23-24,31H,10,15-18H2,1-4H3,(H,28,32)(H,29,33)/t20-,23-,24+/m0/s1. The summed E-state index contributed by atoms with van der Waals surface area (Å²) < 4.78 is 39.0. The molecule has 0 unspecified atom stereocenters. The SMILES string of the molecule is COc1ccc(S(=O)(=O)N(C[C@@H]2CCC(=O)N2)C[C@@H](O)[C@H](Cc2ccccc2)NC(=O)OC(C)(C)C)cc1. The second-order valence-corrected chi connectivity index (χ2v) is 12.2. The largest absolute Gasteiger partial charge is 0.497 e. The highest BCUT2D eigenvalue weighted by Crippen LogP contribution is 2.22. The van der Waals surface area contributed by atoms with E-state index in [1.165, 1.54) is 19.2 Å². The van der Waals surface area contributed by atoms with Gasteiger partial charge in [0.1, 0.15) is 11.4 Å². The lowest BCUT2D eigenvalue weighted by atomic mass is 10.0. The van der Waals surface area contributed by atoms with Crippen molar-refractivity contribution in [3.05, 3.63) is 60.2 Å². The van der Waals surface area contributed by atoms with Crippen LogP contribution < -0.4 is 15.4 Å². The van der Waals surface area contributed by atoms with Crippen LogP contribution in [0.4, 0.5) is 4.79 Å². The van der Waals surface area contributed by atoms with Gasteiger partial charge < -0.3 is 25.2 Å². The van der Waals surface area contributed by atoms with E-state index in [9.17, 15) is 23.1 Å². The van der Waals surface area contributed by atoms with Gasteiger partial charge >= 0.3 is 6.09 Å². The minimum Gasteiger partial charge on any atom is -0.497 e. The first kappa shape index (κ1) is 29.4. The number of hydrogen-bond acceptors (Lipinski definition) is 7. The number of amides is 2. The Hall–Kier alpha value is -3.15.